The summed E-state index contributed by atoms with van der Waals surface area (Å²) >= 11 is 0. The van der Waals surface area contributed by atoms with E-state index in [9.17, 15) is 4.79 Å². The summed E-state index contributed by atoms with van der Waals surface area (Å²) in [6.45, 7) is 1.77. The highest BCUT2D eigenvalue weighted by Crippen LogP contribution is 2.07. The van der Waals surface area contributed by atoms with E-state index in [1.165, 1.54) is 0 Å². The lowest BCUT2D eigenvalue weighted by Crippen LogP contribution is -2.14. The Morgan fingerprint density at radius 1 is 1.67 bits per heavy atom. The van der Waals surface area contributed by atoms with E-state index in [4.69, 9.17) is 4.52 Å². The second-order valence-electron chi connectivity index (χ2n) is 3.27. The lowest BCUT2D eigenvalue weighted by atomic mass is 10.2. The zero-order valence-corrected chi connectivity index (χ0v) is 8.28. The van der Waals surface area contributed by atoms with E-state index in [0.717, 1.165) is 5.56 Å². The summed E-state index contributed by atoms with van der Waals surface area (Å²) in [6, 6.07) is 3.53. The number of aromatic amines is 1. The molecule has 2 aromatic rings. The van der Waals surface area contributed by atoms with E-state index in [0.29, 0.717) is 18.0 Å². The fourth-order valence-electron chi connectivity index (χ4n) is 1.27. The SMILES string of the molecule is Cc1cc(NC(=O)Cc2cc[nH]c2)no1. The molecule has 0 fully saturated rings. The predicted octanol–water partition coefficient (Wildman–Crippen LogP) is 1.49. The van der Waals surface area contributed by atoms with Gasteiger partial charge in [-0.25, -0.2) is 0 Å². The third kappa shape index (κ3) is 2.46. The molecule has 15 heavy (non-hydrogen) atoms. The van der Waals surface area contributed by atoms with Gasteiger partial charge in [-0.2, -0.15) is 0 Å². The molecule has 0 aliphatic rings. The molecule has 0 aromatic carbocycles. The molecule has 0 saturated carbocycles. The number of H-pyrrole nitrogens is 1. The molecular weight excluding hydrogens is 194 g/mol. The molecule has 2 N–H and O–H groups in total. The van der Waals surface area contributed by atoms with Crippen molar-refractivity contribution >= 4 is 11.7 Å². The molecule has 0 aliphatic carbocycles. The molecule has 0 aliphatic heterocycles. The topological polar surface area (TPSA) is 70.9 Å². The van der Waals surface area contributed by atoms with Crippen LogP contribution in [0, 0.1) is 6.92 Å². The van der Waals surface area contributed by atoms with Gasteiger partial charge in [0, 0.05) is 18.5 Å². The number of hydrogen-bond donors (Lipinski definition) is 2. The minimum atomic E-state index is -0.108. The van der Waals surface area contributed by atoms with Crippen molar-refractivity contribution in [3.8, 4) is 0 Å². The maximum atomic E-state index is 11.5. The van der Waals surface area contributed by atoms with Gasteiger partial charge in [0.15, 0.2) is 5.82 Å². The molecule has 1 amide bonds. The van der Waals surface area contributed by atoms with Gasteiger partial charge in [-0.1, -0.05) is 5.16 Å². The largest absolute Gasteiger partial charge is 0.367 e. The lowest BCUT2D eigenvalue weighted by Gasteiger charge is -1.98. The van der Waals surface area contributed by atoms with Crippen molar-refractivity contribution in [3.63, 3.8) is 0 Å². The first-order valence-corrected chi connectivity index (χ1v) is 4.59. The maximum absolute atomic E-state index is 11.5. The second-order valence-corrected chi connectivity index (χ2v) is 3.27. The third-order valence-corrected chi connectivity index (χ3v) is 1.92. The standard InChI is InChI=1S/C10H11N3O2/c1-7-4-9(13-15-7)12-10(14)5-8-2-3-11-6-8/h2-4,6,11H,5H2,1H3,(H,12,13,14). The molecule has 0 unspecified atom stereocenters. The van der Waals surface area contributed by atoms with Gasteiger partial charge in [0.05, 0.1) is 6.42 Å². The van der Waals surface area contributed by atoms with Crippen molar-refractivity contribution < 1.29 is 9.32 Å². The Labute approximate surface area is 86.5 Å². The van der Waals surface area contributed by atoms with Gasteiger partial charge >= 0.3 is 0 Å². The van der Waals surface area contributed by atoms with Crippen molar-refractivity contribution in [2.75, 3.05) is 5.32 Å². The smallest absolute Gasteiger partial charge is 0.230 e. The van der Waals surface area contributed by atoms with Crippen LogP contribution in [0.15, 0.2) is 29.0 Å². The number of nitrogens with zero attached hydrogens (tertiary/aromatic N) is 1. The number of amides is 1. The number of carbonyl (C=O) groups is 1. The summed E-state index contributed by atoms with van der Waals surface area (Å²) in [5.41, 5.74) is 0.938. The Bertz CT molecular complexity index is 445. The van der Waals surface area contributed by atoms with Crippen molar-refractivity contribution in [3.05, 3.63) is 35.9 Å². The Kier molecular flexibility index (Phi) is 2.53. The van der Waals surface area contributed by atoms with Crippen molar-refractivity contribution in [1.29, 1.82) is 0 Å². The van der Waals surface area contributed by atoms with Crippen LogP contribution >= 0.6 is 0 Å². The number of rotatable bonds is 3. The van der Waals surface area contributed by atoms with E-state index in [1.54, 1.807) is 25.4 Å². The number of aromatic nitrogens is 2. The summed E-state index contributed by atoms with van der Waals surface area (Å²) < 4.78 is 4.83. The van der Waals surface area contributed by atoms with Gasteiger partial charge in [-0.05, 0) is 18.6 Å². The molecule has 78 valence electrons. The van der Waals surface area contributed by atoms with Crippen LogP contribution < -0.4 is 5.32 Å². The van der Waals surface area contributed by atoms with Crippen molar-refractivity contribution in [2.24, 2.45) is 0 Å². The van der Waals surface area contributed by atoms with Crippen LogP contribution in [0.5, 0.6) is 0 Å². The normalized spacial score (nSPS) is 10.2. The maximum Gasteiger partial charge on any atom is 0.230 e. The third-order valence-electron chi connectivity index (χ3n) is 1.92. The van der Waals surface area contributed by atoms with Gasteiger partial charge < -0.3 is 14.8 Å². The molecule has 0 radical (unpaired) electrons. The van der Waals surface area contributed by atoms with Gasteiger partial charge in [0.1, 0.15) is 5.76 Å². The molecule has 5 nitrogen and oxygen atoms in total. The van der Waals surface area contributed by atoms with E-state index < -0.39 is 0 Å². The number of nitrogens with one attached hydrogen (secondary N) is 2. The van der Waals surface area contributed by atoms with E-state index in [1.807, 2.05) is 6.07 Å². The molecule has 0 atom stereocenters. The van der Waals surface area contributed by atoms with E-state index in [2.05, 4.69) is 15.5 Å². The fraction of sp³-hybridized carbons (Fsp3) is 0.200. The molecule has 0 bridgehead atoms. The van der Waals surface area contributed by atoms with Gasteiger partial charge in [-0.3, -0.25) is 4.79 Å². The minimum Gasteiger partial charge on any atom is -0.367 e. The van der Waals surface area contributed by atoms with Crippen LogP contribution in [0.4, 0.5) is 5.82 Å². The number of aryl methyl sites for hydroxylation is 1. The van der Waals surface area contributed by atoms with E-state index >= 15 is 0 Å². The summed E-state index contributed by atoms with van der Waals surface area (Å²) in [5, 5.41) is 6.31. The summed E-state index contributed by atoms with van der Waals surface area (Å²) in [5.74, 6) is 1.02. The Morgan fingerprint density at radius 2 is 2.53 bits per heavy atom. The highest BCUT2D eigenvalue weighted by molar-refractivity contribution is 5.91. The lowest BCUT2D eigenvalue weighted by molar-refractivity contribution is -0.115. The summed E-state index contributed by atoms with van der Waals surface area (Å²) in [6.07, 6.45) is 3.89. The fourth-order valence-corrected chi connectivity index (χ4v) is 1.27. The predicted molar refractivity (Wildman–Crippen MR) is 54.4 cm³/mol. The van der Waals surface area contributed by atoms with Crippen LogP contribution in [-0.2, 0) is 11.2 Å². The van der Waals surface area contributed by atoms with Crippen LogP contribution in [0.1, 0.15) is 11.3 Å². The zero-order chi connectivity index (χ0) is 10.7. The first-order chi connectivity index (χ1) is 7.24. The van der Waals surface area contributed by atoms with Crippen LogP contribution in [0.2, 0.25) is 0 Å². The molecule has 2 aromatic heterocycles. The molecule has 0 saturated heterocycles. The molecule has 2 rings (SSSR count). The molecule has 5 heteroatoms. The van der Waals surface area contributed by atoms with Crippen LogP contribution in [0.25, 0.3) is 0 Å². The Hall–Kier alpha value is -2.04. The summed E-state index contributed by atoms with van der Waals surface area (Å²) in [7, 11) is 0. The zero-order valence-electron chi connectivity index (χ0n) is 8.28. The number of carbonyl (C=O) groups excluding carboxylic acids is 1. The molecule has 2 heterocycles. The van der Waals surface area contributed by atoms with Gasteiger partial charge in [0.2, 0.25) is 5.91 Å². The molecular formula is C10H11N3O2. The van der Waals surface area contributed by atoms with E-state index in [-0.39, 0.29) is 5.91 Å². The monoisotopic (exact) mass is 205 g/mol. The number of anilines is 1. The average molecular weight is 205 g/mol. The first-order valence-electron chi connectivity index (χ1n) is 4.59. The van der Waals surface area contributed by atoms with Crippen molar-refractivity contribution in [1.82, 2.24) is 10.1 Å². The Balaban J connectivity index is 1.93. The van der Waals surface area contributed by atoms with Gasteiger partial charge in [-0.15, -0.1) is 0 Å². The highest BCUT2D eigenvalue weighted by Gasteiger charge is 2.06. The van der Waals surface area contributed by atoms with Crippen LogP contribution in [-0.4, -0.2) is 16.0 Å². The average Bonchev–Trinajstić information content (AvgIpc) is 2.77. The summed E-state index contributed by atoms with van der Waals surface area (Å²) in [4.78, 5) is 14.4. The van der Waals surface area contributed by atoms with Crippen molar-refractivity contribution in [2.45, 2.75) is 13.3 Å². The van der Waals surface area contributed by atoms with Crippen LogP contribution in [0.3, 0.4) is 0 Å². The van der Waals surface area contributed by atoms with Gasteiger partial charge in [0.25, 0.3) is 0 Å². The Morgan fingerprint density at radius 3 is 3.13 bits per heavy atom. The minimum absolute atomic E-state index is 0.108. The molecule has 0 spiro atoms. The first kappa shape index (κ1) is 9.51. The quantitative estimate of drug-likeness (QED) is 0.797. The second kappa shape index (κ2) is 4.00. The highest BCUT2D eigenvalue weighted by atomic mass is 16.5. The number of hydrogen-bond acceptors (Lipinski definition) is 3.